The quantitative estimate of drug-likeness (QED) is 0.831. The van der Waals surface area contributed by atoms with Crippen LogP contribution in [0.25, 0.3) is 11.0 Å². The monoisotopic (exact) mass is 264 g/mol. The third kappa shape index (κ3) is 2.21. The largest absolute Gasteiger partial charge is 0.459 e. The van der Waals surface area contributed by atoms with Gasteiger partial charge in [0.05, 0.1) is 6.04 Å². The SMILES string of the molecule is O=C1CC(c2cc3ccc(Cl)cc3o2)NCCN1. The number of hydrogen-bond acceptors (Lipinski definition) is 3. The van der Waals surface area contributed by atoms with Crippen LogP contribution >= 0.6 is 11.6 Å². The van der Waals surface area contributed by atoms with Crippen LogP contribution in [-0.2, 0) is 4.79 Å². The molecule has 1 aliphatic heterocycles. The lowest BCUT2D eigenvalue weighted by Crippen LogP contribution is -2.24. The Bertz CT molecular complexity index is 594. The van der Waals surface area contributed by atoms with Crippen molar-refractivity contribution >= 4 is 28.5 Å². The van der Waals surface area contributed by atoms with Crippen molar-refractivity contribution in [2.45, 2.75) is 12.5 Å². The Morgan fingerprint density at radius 2 is 2.17 bits per heavy atom. The van der Waals surface area contributed by atoms with E-state index in [1.165, 1.54) is 0 Å². The highest BCUT2D eigenvalue weighted by Crippen LogP contribution is 2.28. The lowest BCUT2D eigenvalue weighted by atomic mass is 10.1. The van der Waals surface area contributed by atoms with Crippen molar-refractivity contribution in [1.29, 1.82) is 0 Å². The Hall–Kier alpha value is -1.52. The van der Waals surface area contributed by atoms with Gasteiger partial charge in [-0.1, -0.05) is 11.6 Å². The Labute approximate surface area is 109 Å². The normalized spacial score (nSPS) is 20.7. The Balaban J connectivity index is 1.95. The fourth-order valence-electron chi connectivity index (χ4n) is 2.18. The van der Waals surface area contributed by atoms with E-state index in [1.54, 1.807) is 6.07 Å². The van der Waals surface area contributed by atoms with Crippen LogP contribution in [0, 0.1) is 0 Å². The molecule has 1 aromatic heterocycles. The molecule has 0 aliphatic carbocycles. The van der Waals surface area contributed by atoms with E-state index in [9.17, 15) is 4.79 Å². The number of amides is 1. The summed E-state index contributed by atoms with van der Waals surface area (Å²) in [4.78, 5) is 11.5. The van der Waals surface area contributed by atoms with Crippen molar-refractivity contribution in [3.05, 3.63) is 35.0 Å². The number of halogens is 1. The van der Waals surface area contributed by atoms with Crippen LogP contribution in [-0.4, -0.2) is 19.0 Å². The van der Waals surface area contributed by atoms with Gasteiger partial charge in [-0.15, -0.1) is 0 Å². The van der Waals surface area contributed by atoms with Crippen LogP contribution in [0.5, 0.6) is 0 Å². The van der Waals surface area contributed by atoms with E-state index in [4.69, 9.17) is 16.0 Å². The third-order valence-electron chi connectivity index (χ3n) is 3.07. The molecule has 0 bridgehead atoms. The second-order valence-electron chi connectivity index (χ2n) is 4.39. The molecule has 18 heavy (non-hydrogen) atoms. The molecule has 94 valence electrons. The van der Waals surface area contributed by atoms with Crippen molar-refractivity contribution in [2.24, 2.45) is 0 Å². The highest BCUT2D eigenvalue weighted by atomic mass is 35.5. The van der Waals surface area contributed by atoms with Gasteiger partial charge in [0.25, 0.3) is 0 Å². The van der Waals surface area contributed by atoms with Crippen LogP contribution in [0.1, 0.15) is 18.2 Å². The summed E-state index contributed by atoms with van der Waals surface area (Å²) < 4.78 is 5.77. The average Bonchev–Trinajstić information content (AvgIpc) is 2.63. The van der Waals surface area contributed by atoms with Gasteiger partial charge in [0.2, 0.25) is 5.91 Å². The van der Waals surface area contributed by atoms with Crippen molar-refractivity contribution in [2.75, 3.05) is 13.1 Å². The first-order chi connectivity index (χ1) is 8.72. The van der Waals surface area contributed by atoms with Crippen LogP contribution < -0.4 is 10.6 Å². The molecular weight excluding hydrogens is 252 g/mol. The van der Waals surface area contributed by atoms with E-state index >= 15 is 0 Å². The molecule has 2 heterocycles. The van der Waals surface area contributed by atoms with Gasteiger partial charge in [-0.25, -0.2) is 0 Å². The minimum absolute atomic E-state index is 0.0449. The van der Waals surface area contributed by atoms with Crippen molar-refractivity contribution in [1.82, 2.24) is 10.6 Å². The molecule has 1 atom stereocenters. The van der Waals surface area contributed by atoms with E-state index in [1.807, 2.05) is 18.2 Å². The highest BCUT2D eigenvalue weighted by molar-refractivity contribution is 6.31. The first-order valence-electron chi connectivity index (χ1n) is 5.91. The first kappa shape index (κ1) is 11.6. The smallest absolute Gasteiger partial charge is 0.222 e. The number of hydrogen-bond donors (Lipinski definition) is 2. The zero-order valence-corrected chi connectivity index (χ0v) is 10.5. The van der Waals surface area contributed by atoms with Gasteiger partial charge in [0.15, 0.2) is 0 Å². The molecule has 1 aromatic carbocycles. The lowest BCUT2D eigenvalue weighted by Gasteiger charge is -2.10. The van der Waals surface area contributed by atoms with E-state index in [0.29, 0.717) is 18.0 Å². The van der Waals surface area contributed by atoms with Gasteiger partial charge < -0.3 is 15.1 Å². The molecule has 4 nitrogen and oxygen atoms in total. The summed E-state index contributed by atoms with van der Waals surface area (Å²) in [5, 5.41) is 7.77. The zero-order valence-electron chi connectivity index (χ0n) is 9.70. The van der Waals surface area contributed by atoms with Gasteiger partial charge in [0.1, 0.15) is 11.3 Å². The molecule has 1 unspecified atom stereocenters. The van der Waals surface area contributed by atoms with Gasteiger partial charge in [-0.3, -0.25) is 4.79 Å². The van der Waals surface area contributed by atoms with Crippen molar-refractivity contribution in [3.8, 4) is 0 Å². The number of fused-ring (bicyclic) bond motifs is 1. The Morgan fingerprint density at radius 3 is 3.06 bits per heavy atom. The molecule has 5 heteroatoms. The predicted octanol–water partition coefficient (Wildman–Crippen LogP) is 2.24. The molecule has 0 saturated carbocycles. The summed E-state index contributed by atoms with van der Waals surface area (Å²) in [5.41, 5.74) is 0.754. The fraction of sp³-hybridized carbons (Fsp3) is 0.308. The molecule has 0 radical (unpaired) electrons. The number of carbonyl (C=O) groups is 1. The van der Waals surface area contributed by atoms with Gasteiger partial charge in [0, 0.05) is 36.0 Å². The van der Waals surface area contributed by atoms with E-state index in [-0.39, 0.29) is 11.9 Å². The van der Waals surface area contributed by atoms with E-state index in [2.05, 4.69) is 10.6 Å². The summed E-state index contributed by atoms with van der Waals surface area (Å²) in [6.07, 6.45) is 0.396. The molecule has 2 N–H and O–H groups in total. The van der Waals surface area contributed by atoms with E-state index in [0.717, 1.165) is 23.3 Å². The maximum Gasteiger partial charge on any atom is 0.222 e. The van der Waals surface area contributed by atoms with Gasteiger partial charge in [-0.2, -0.15) is 0 Å². The highest BCUT2D eigenvalue weighted by Gasteiger charge is 2.21. The van der Waals surface area contributed by atoms with Crippen molar-refractivity contribution in [3.63, 3.8) is 0 Å². The standard InChI is InChI=1S/C13H13ClN2O2/c14-9-2-1-8-5-12(18-11(8)6-9)10-7-13(17)16-4-3-15-10/h1-2,5-6,10,15H,3-4,7H2,(H,16,17). The lowest BCUT2D eigenvalue weighted by molar-refractivity contribution is -0.121. The summed E-state index contributed by atoms with van der Waals surface area (Å²) in [7, 11) is 0. The summed E-state index contributed by atoms with van der Waals surface area (Å²) in [6.45, 7) is 1.40. The maximum atomic E-state index is 11.5. The summed E-state index contributed by atoms with van der Waals surface area (Å²) >= 11 is 5.92. The molecule has 3 rings (SSSR count). The molecule has 1 aliphatic rings. The minimum atomic E-state index is -0.0707. The van der Waals surface area contributed by atoms with Crippen LogP contribution in [0.15, 0.2) is 28.7 Å². The van der Waals surface area contributed by atoms with Crippen LogP contribution in [0.3, 0.4) is 0 Å². The zero-order chi connectivity index (χ0) is 12.5. The first-order valence-corrected chi connectivity index (χ1v) is 6.29. The number of nitrogens with one attached hydrogen (secondary N) is 2. The van der Waals surface area contributed by atoms with E-state index < -0.39 is 0 Å². The third-order valence-corrected chi connectivity index (χ3v) is 3.31. The van der Waals surface area contributed by atoms with Crippen LogP contribution in [0.4, 0.5) is 0 Å². The second-order valence-corrected chi connectivity index (χ2v) is 4.83. The second kappa shape index (κ2) is 4.63. The fourth-order valence-corrected chi connectivity index (χ4v) is 2.34. The maximum absolute atomic E-state index is 11.5. The minimum Gasteiger partial charge on any atom is -0.459 e. The topological polar surface area (TPSA) is 54.3 Å². The summed E-state index contributed by atoms with van der Waals surface area (Å²) in [5.74, 6) is 0.827. The molecular formula is C13H13ClN2O2. The average molecular weight is 265 g/mol. The molecule has 2 aromatic rings. The molecule has 1 amide bonds. The molecule has 1 fully saturated rings. The Kier molecular flexibility index (Phi) is 2.97. The number of rotatable bonds is 1. The number of benzene rings is 1. The van der Waals surface area contributed by atoms with Crippen molar-refractivity contribution < 1.29 is 9.21 Å². The van der Waals surface area contributed by atoms with Gasteiger partial charge in [-0.05, 0) is 18.2 Å². The summed E-state index contributed by atoms with van der Waals surface area (Å²) in [6, 6.07) is 7.43. The number of carbonyl (C=O) groups excluding carboxylic acids is 1. The van der Waals surface area contributed by atoms with Gasteiger partial charge >= 0.3 is 0 Å². The molecule has 1 saturated heterocycles. The predicted molar refractivity (Wildman–Crippen MR) is 69.6 cm³/mol. The Morgan fingerprint density at radius 1 is 1.28 bits per heavy atom. The van der Waals surface area contributed by atoms with Crippen LogP contribution in [0.2, 0.25) is 5.02 Å². The molecule has 0 spiro atoms. The number of furan rings is 1.